The second-order valence-corrected chi connectivity index (χ2v) is 8.75. The highest BCUT2D eigenvalue weighted by molar-refractivity contribution is 5.96. The number of amides is 1. The van der Waals surface area contributed by atoms with Crippen LogP contribution < -0.4 is 5.32 Å². The van der Waals surface area contributed by atoms with Crippen molar-refractivity contribution >= 4 is 22.9 Å². The van der Waals surface area contributed by atoms with E-state index in [1.165, 1.54) is 6.42 Å². The summed E-state index contributed by atoms with van der Waals surface area (Å²) in [5.74, 6) is -0.342. The van der Waals surface area contributed by atoms with E-state index in [4.69, 9.17) is 4.98 Å². The molecule has 0 radical (unpaired) electrons. The summed E-state index contributed by atoms with van der Waals surface area (Å²) < 4.78 is 2.24. The van der Waals surface area contributed by atoms with Crippen LogP contribution in [0.3, 0.4) is 0 Å². The van der Waals surface area contributed by atoms with E-state index >= 15 is 0 Å². The van der Waals surface area contributed by atoms with Gasteiger partial charge in [-0.2, -0.15) is 0 Å². The van der Waals surface area contributed by atoms with Crippen molar-refractivity contribution in [3.63, 3.8) is 0 Å². The number of nitrogens with zero attached hydrogens (tertiary/aromatic N) is 3. The number of H-pyrrole nitrogens is 1. The lowest BCUT2D eigenvalue weighted by molar-refractivity contribution is 0.0696. The monoisotopic (exact) mass is 457 g/mol. The third-order valence-electron chi connectivity index (χ3n) is 6.48. The largest absolute Gasteiger partial charge is 0.478 e. The quantitative estimate of drug-likeness (QED) is 0.375. The Hall–Kier alpha value is -3.94. The highest BCUT2D eigenvalue weighted by Gasteiger charge is 2.23. The van der Waals surface area contributed by atoms with Crippen LogP contribution in [-0.4, -0.2) is 43.0 Å². The van der Waals surface area contributed by atoms with Crippen molar-refractivity contribution in [2.45, 2.75) is 44.6 Å². The molecule has 4 aromatic rings. The number of aromatic carboxylic acids is 1. The molecular weight excluding hydrogens is 430 g/mol. The molecule has 2 aromatic carbocycles. The Morgan fingerprint density at radius 3 is 2.71 bits per heavy atom. The van der Waals surface area contributed by atoms with Gasteiger partial charge in [0.05, 0.1) is 28.6 Å². The summed E-state index contributed by atoms with van der Waals surface area (Å²) in [4.78, 5) is 36.3. The van der Waals surface area contributed by atoms with Crippen molar-refractivity contribution in [3.8, 4) is 11.4 Å². The highest BCUT2D eigenvalue weighted by atomic mass is 16.4. The van der Waals surface area contributed by atoms with E-state index in [1.54, 1.807) is 24.5 Å². The molecule has 2 heterocycles. The van der Waals surface area contributed by atoms with Crippen molar-refractivity contribution in [3.05, 3.63) is 71.8 Å². The van der Waals surface area contributed by atoms with Gasteiger partial charge in [-0.15, -0.1) is 0 Å². The molecule has 1 aliphatic rings. The van der Waals surface area contributed by atoms with Gasteiger partial charge in [0, 0.05) is 36.3 Å². The smallest absolute Gasteiger partial charge is 0.335 e. The summed E-state index contributed by atoms with van der Waals surface area (Å²) in [6.07, 6.45) is 9.77. The molecule has 0 atom stereocenters. The van der Waals surface area contributed by atoms with Gasteiger partial charge in [0.1, 0.15) is 5.82 Å². The number of rotatable bonds is 7. The summed E-state index contributed by atoms with van der Waals surface area (Å²) in [6.45, 7) is 0.493. The number of imidazole rings is 2. The van der Waals surface area contributed by atoms with Gasteiger partial charge in [-0.1, -0.05) is 31.4 Å². The lowest BCUT2D eigenvalue weighted by Crippen LogP contribution is -2.25. The van der Waals surface area contributed by atoms with Gasteiger partial charge in [0.25, 0.3) is 5.91 Å². The van der Waals surface area contributed by atoms with Crippen LogP contribution in [0.15, 0.2) is 55.0 Å². The Kier molecular flexibility index (Phi) is 6.12. The number of carboxylic acid groups (broad SMARTS) is 1. The van der Waals surface area contributed by atoms with Crippen LogP contribution >= 0.6 is 0 Å². The molecule has 0 bridgehead atoms. The number of nitrogens with one attached hydrogen (secondary N) is 2. The molecule has 0 saturated heterocycles. The molecule has 3 N–H and O–H groups in total. The average Bonchev–Trinajstić information content (AvgIpc) is 3.52. The van der Waals surface area contributed by atoms with Crippen molar-refractivity contribution in [2.24, 2.45) is 0 Å². The molecule has 5 rings (SSSR count). The summed E-state index contributed by atoms with van der Waals surface area (Å²) >= 11 is 0. The Balaban J connectivity index is 1.47. The van der Waals surface area contributed by atoms with Gasteiger partial charge in [-0.3, -0.25) is 4.79 Å². The molecular formula is C26H27N5O3. The first-order valence-electron chi connectivity index (χ1n) is 11.7. The predicted molar refractivity (Wildman–Crippen MR) is 129 cm³/mol. The number of hydrogen-bond acceptors (Lipinski definition) is 4. The van der Waals surface area contributed by atoms with Crippen molar-refractivity contribution in [1.82, 2.24) is 24.8 Å². The number of aromatic nitrogens is 4. The van der Waals surface area contributed by atoms with E-state index in [0.717, 1.165) is 48.3 Å². The molecule has 0 unspecified atom stereocenters. The summed E-state index contributed by atoms with van der Waals surface area (Å²) in [5.41, 5.74) is 4.12. The fourth-order valence-corrected chi connectivity index (χ4v) is 4.78. The van der Waals surface area contributed by atoms with E-state index in [2.05, 4.69) is 19.9 Å². The number of carbonyl (C=O) groups excluding carboxylic acids is 1. The van der Waals surface area contributed by atoms with Crippen LogP contribution in [0, 0.1) is 0 Å². The Bertz CT molecular complexity index is 1320. The summed E-state index contributed by atoms with van der Waals surface area (Å²) in [7, 11) is 0. The Morgan fingerprint density at radius 1 is 1.09 bits per heavy atom. The maximum atomic E-state index is 12.8. The molecule has 174 valence electrons. The Labute approximate surface area is 197 Å². The first-order chi connectivity index (χ1) is 16.6. The van der Waals surface area contributed by atoms with Gasteiger partial charge >= 0.3 is 5.97 Å². The zero-order chi connectivity index (χ0) is 23.5. The van der Waals surface area contributed by atoms with Crippen LogP contribution in [0.5, 0.6) is 0 Å². The minimum Gasteiger partial charge on any atom is -0.478 e. The van der Waals surface area contributed by atoms with E-state index in [0.29, 0.717) is 30.1 Å². The topological polar surface area (TPSA) is 113 Å². The maximum Gasteiger partial charge on any atom is 0.335 e. The molecule has 8 nitrogen and oxygen atoms in total. The molecule has 2 aromatic heterocycles. The number of aromatic amines is 1. The number of hydrogen-bond donors (Lipinski definition) is 3. The number of carbonyl (C=O) groups is 2. The van der Waals surface area contributed by atoms with Crippen LogP contribution in [0.1, 0.15) is 64.6 Å². The van der Waals surface area contributed by atoms with Crippen molar-refractivity contribution < 1.29 is 14.7 Å². The second kappa shape index (κ2) is 9.51. The predicted octanol–water partition coefficient (Wildman–Crippen LogP) is 4.60. The minimum absolute atomic E-state index is 0.147. The fraction of sp³-hybridized carbons (Fsp3) is 0.308. The molecule has 0 spiro atoms. The normalized spacial score (nSPS) is 14.4. The van der Waals surface area contributed by atoms with Crippen LogP contribution in [0.2, 0.25) is 0 Å². The zero-order valence-electron chi connectivity index (χ0n) is 18.8. The first-order valence-corrected chi connectivity index (χ1v) is 11.7. The molecule has 34 heavy (non-hydrogen) atoms. The molecule has 0 aliphatic heterocycles. The number of carboxylic acids is 1. The zero-order valence-corrected chi connectivity index (χ0v) is 18.8. The summed E-state index contributed by atoms with van der Waals surface area (Å²) in [5, 5.41) is 12.4. The lowest BCUT2D eigenvalue weighted by Gasteiger charge is -2.25. The molecule has 1 amide bonds. The Morgan fingerprint density at radius 2 is 1.94 bits per heavy atom. The highest BCUT2D eigenvalue weighted by Crippen LogP contribution is 2.36. The lowest BCUT2D eigenvalue weighted by atomic mass is 9.94. The number of benzene rings is 2. The van der Waals surface area contributed by atoms with Gasteiger partial charge in [-0.05, 0) is 43.2 Å². The van der Waals surface area contributed by atoms with Crippen LogP contribution in [0.4, 0.5) is 0 Å². The standard InChI is InChI=1S/C26H27N5O3/c32-25(28-12-11-20-15-27-16-29-20)18-6-4-5-17(13-18)24-30-22-14-19(26(33)34)9-10-23(22)31(24)21-7-2-1-3-8-21/h4-6,9-10,13-16,21H,1-3,7-8,11-12H2,(H,27,29)(H,28,32)(H,33,34). The van der Waals surface area contributed by atoms with Crippen LogP contribution in [0.25, 0.3) is 22.4 Å². The van der Waals surface area contributed by atoms with E-state index in [-0.39, 0.29) is 11.5 Å². The van der Waals surface area contributed by atoms with E-state index in [1.807, 2.05) is 30.5 Å². The van der Waals surface area contributed by atoms with Gasteiger partial charge in [-0.25, -0.2) is 14.8 Å². The van der Waals surface area contributed by atoms with Crippen molar-refractivity contribution in [2.75, 3.05) is 6.54 Å². The third kappa shape index (κ3) is 4.44. The first kappa shape index (κ1) is 21.9. The maximum absolute atomic E-state index is 12.8. The molecule has 1 saturated carbocycles. The third-order valence-corrected chi connectivity index (χ3v) is 6.48. The molecule has 1 fully saturated rings. The second-order valence-electron chi connectivity index (χ2n) is 8.75. The SMILES string of the molecule is O=C(O)c1ccc2c(c1)nc(-c1cccc(C(=O)NCCc3c[nH]cn3)c1)n2C1CCCCC1. The van der Waals surface area contributed by atoms with E-state index < -0.39 is 5.97 Å². The molecule has 1 aliphatic carbocycles. The van der Waals surface area contributed by atoms with E-state index in [9.17, 15) is 14.7 Å². The molecule has 8 heteroatoms. The fourth-order valence-electron chi connectivity index (χ4n) is 4.78. The van der Waals surface area contributed by atoms with Crippen molar-refractivity contribution in [1.29, 1.82) is 0 Å². The number of fused-ring (bicyclic) bond motifs is 1. The minimum atomic E-state index is -0.968. The van der Waals surface area contributed by atoms with Crippen LogP contribution in [-0.2, 0) is 6.42 Å². The average molecular weight is 458 g/mol. The summed E-state index contributed by atoms with van der Waals surface area (Å²) in [6, 6.07) is 12.9. The van der Waals surface area contributed by atoms with Gasteiger partial charge in [0.2, 0.25) is 0 Å². The van der Waals surface area contributed by atoms with Gasteiger partial charge < -0.3 is 20.0 Å². The van der Waals surface area contributed by atoms with Gasteiger partial charge in [0.15, 0.2) is 0 Å².